The zero-order valence-corrected chi connectivity index (χ0v) is 12.1. The summed E-state index contributed by atoms with van der Waals surface area (Å²) < 4.78 is 1.46. The molecule has 3 heteroatoms. The molecule has 0 unspecified atom stereocenters. The average molecular weight is 229 g/mol. The third-order valence-corrected chi connectivity index (χ3v) is 3.52. The van der Waals surface area contributed by atoms with E-state index in [9.17, 15) is 0 Å². The van der Waals surface area contributed by atoms with Gasteiger partial charge < -0.3 is 0 Å². The Balaban J connectivity index is 2.88. The van der Waals surface area contributed by atoms with Gasteiger partial charge >= 0.3 is 112 Å². The molecule has 12 heavy (non-hydrogen) atoms. The first-order valence-corrected chi connectivity index (χ1v) is 6.41. The number of aromatic nitrogens is 2. The summed E-state index contributed by atoms with van der Waals surface area (Å²) in [5.41, 5.74) is 2.13. The molecule has 1 heterocycles. The van der Waals surface area contributed by atoms with Gasteiger partial charge in [0.05, 0.1) is 0 Å². The first-order chi connectivity index (χ1) is 5.77. The average Bonchev–Trinajstić information content (AvgIpc) is 2.07. The van der Waals surface area contributed by atoms with E-state index in [-0.39, 0.29) is 0 Å². The van der Waals surface area contributed by atoms with Crippen LogP contribution in [0.5, 0.6) is 0 Å². The van der Waals surface area contributed by atoms with Crippen LogP contribution in [0.4, 0.5) is 0 Å². The van der Waals surface area contributed by atoms with Crippen molar-refractivity contribution >= 4 is 65.1 Å². The van der Waals surface area contributed by atoms with Gasteiger partial charge in [-0.25, -0.2) is 0 Å². The van der Waals surface area contributed by atoms with Crippen LogP contribution in [0.15, 0.2) is 24.5 Å². The van der Waals surface area contributed by atoms with Crippen LogP contribution in [0.2, 0.25) is 0 Å². The molecule has 0 saturated carbocycles. The van der Waals surface area contributed by atoms with Gasteiger partial charge in [0.2, 0.25) is 0 Å². The molecule has 0 bridgehead atoms. The molecule has 0 aliphatic rings. The minimum absolute atomic E-state index is 0.579. The predicted octanol–water partition coefficient (Wildman–Crippen LogP) is 0.732. The molecule has 0 atom stereocenters. The quantitative estimate of drug-likeness (QED) is 0.665. The summed E-state index contributed by atoms with van der Waals surface area (Å²) in [6.07, 6.45) is 1.62. The van der Waals surface area contributed by atoms with Gasteiger partial charge in [0, 0.05) is 0 Å². The van der Waals surface area contributed by atoms with E-state index >= 15 is 0 Å². The molecule has 0 saturated heterocycles. The monoisotopic (exact) mass is 228 g/mol. The van der Waals surface area contributed by atoms with E-state index in [4.69, 9.17) is 0 Å². The fraction of sp³-hybridized carbons (Fsp3) is 0.111. The van der Waals surface area contributed by atoms with Crippen LogP contribution in [0.25, 0.3) is 10.9 Å². The normalized spacial score (nSPS) is 10.6. The van der Waals surface area contributed by atoms with Gasteiger partial charge in [0.1, 0.15) is 0 Å². The molecule has 0 aliphatic heterocycles. The summed E-state index contributed by atoms with van der Waals surface area (Å²) in [7, 11) is 0. The summed E-state index contributed by atoms with van der Waals surface area (Å²) in [6.45, 7) is 2.03. The Morgan fingerprint density at radius 1 is 1.25 bits per heavy atom. The van der Waals surface area contributed by atoms with E-state index < -0.39 is 0 Å². The fourth-order valence-corrected chi connectivity index (χ4v) is 2.42. The van der Waals surface area contributed by atoms with E-state index in [1.807, 2.05) is 6.92 Å². The number of aryl methyl sites for hydroxylation is 1. The summed E-state index contributed by atoms with van der Waals surface area (Å²) >= 11 is 0.579. The Morgan fingerprint density at radius 3 is 2.92 bits per heavy atom. The molecule has 0 aliphatic carbocycles. The molecule has 1 aromatic heterocycles. The van der Waals surface area contributed by atoms with Crippen LogP contribution < -0.4 is -1.37 Å². The van der Waals surface area contributed by atoms with Crippen LogP contribution >= 0.6 is 0 Å². The van der Waals surface area contributed by atoms with Gasteiger partial charge in [0.15, 0.2) is 0 Å². The number of benzene rings is 1. The SMILES string of the molecule is Cc1ncnc2cc[c]([Rb])cc12. The fourth-order valence-electron chi connectivity index (χ4n) is 1.30. The van der Waals surface area contributed by atoms with E-state index in [2.05, 4.69) is 28.2 Å². The summed E-state index contributed by atoms with van der Waals surface area (Å²) in [5, 5.41) is 1.20. The Bertz CT molecular complexity index is 426. The first-order valence-electron chi connectivity index (χ1n) is 3.95. The molecule has 0 N–H and O–H groups in total. The Morgan fingerprint density at radius 2 is 2.08 bits per heavy atom. The summed E-state index contributed by atoms with van der Waals surface area (Å²) in [6, 6.07) is 6.45. The molecule has 0 amide bonds. The molecule has 54 valence electrons. The topological polar surface area (TPSA) is 25.8 Å². The zero-order chi connectivity index (χ0) is 8.55. The number of hydrogen-bond donors (Lipinski definition) is 0. The third kappa shape index (κ3) is 1.67. The van der Waals surface area contributed by atoms with Crippen molar-refractivity contribution in [3.05, 3.63) is 30.2 Å². The molecular weight excluding hydrogens is 222 g/mol. The minimum atomic E-state index is 0.579. The number of nitrogens with zero attached hydrogens (tertiary/aromatic N) is 2. The van der Waals surface area contributed by atoms with Crippen molar-refractivity contribution in [1.82, 2.24) is 9.97 Å². The Kier molecular flexibility index (Phi) is 2.70. The molecule has 1 aromatic carbocycles. The molecular formula is C9H7N2Rb. The summed E-state index contributed by atoms with van der Waals surface area (Å²) in [4.78, 5) is 8.36. The van der Waals surface area contributed by atoms with E-state index in [0.717, 1.165) is 11.2 Å². The second-order valence-electron chi connectivity index (χ2n) is 2.98. The van der Waals surface area contributed by atoms with Crippen molar-refractivity contribution in [1.29, 1.82) is 0 Å². The van der Waals surface area contributed by atoms with Gasteiger partial charge in [0.25, 0.3) is 0 Å². The van der Waals surface area contributed by atoms with Crippen LogP contribution in [0.3, 0.4) is 0 Å². The van der Waals surface area contributed by atoms with Gasteiger partial charge in [-0.3, -0.25) is 0 Å². The van der Waals surface area contributed by atoms with Crippen LogP contribution in [0.1, 0.15) is 5.69 Å². The number of fused-ring (bicyclic) bond motifs is 1. The second-order valence-corrected chi connectivity index (χ2v) is 5.82. The van der Waals surface area contributed by atoms with Crippen molar-refractivity contribution in [2.45, 2.75) is 6.92 Å². The van der Waals surface area contributed by atoms with Gasteiger partial charge in [-0.2, -0.15) is 0 Å². The number of rotatable bonds is 0. The Hall–Kier alpha value is 0.365. The van der Waals surface area contributed by atoms with Crippen LogP contribution in [-0.4, -0.2) is 65.5 Å². The predicted molar refractivity (Wildman–Crippen MR) is 49.7 cm³/mol. The third-order valence-electron chi connectivity index (χ3n) is 1.99. The van der Waals surface area contributed by atoms with Crippen molar-refractivity contribution < 1.29 is 0 Å². The zero-order valence-electron chi connectivity index (χ0n) is 7.20. The van der Waals surface area contributed by atoms with Gasteiger partial charge in [-0.1, -0.05) is 0 Å². The maximum atomic E-state index is 4.20. The van der Waals surface area contributed by atoms with Crippen molar-refractivity contribution in [2.24, 2.45) is 0 Å². The molecule has 0 fully saturated rings. The van der Waals surface area contributed by atoms with Crippen LogP contribution in [-0.2, 0) is 0 Å². The van der Waals surface area contributed by atoms with E-state index in [1.165, 1.54) is 4.02 Å². The first kappa shape index (κ1) is 8.94. The molecule has 2 rings (SSSR count). The molecule has 0 radical (unpaired) electrons. The number of hydrogen-bond acceptors (Lipinski definition) is 2. The van der Waals surface area contributed by atoms with Crippen LogP contribution in [0, 0.1) is 6.92 Å². The van der Waals surface area contributed by atoms with Gasteiger partial charge in [-0.15, -0.1) is 0 Å². The summed E-state index contributed by atoms with van der Waals surface area (Å²) in [5.74, 6) is 0. The van der Waals surface area contributed by atoms with E-state index in [0.29, 0.717) is 55.5 Å². The van der Waals surface area contributed by atoms with Crippen molar-refractivity contribution in [2.75, 3.05) is 0 Å². The second kappa shape index (κ2) is 3.62. The van der Waals surface area contributed by atoms with Gasteiger partial charge in [-0.05, 0) is 0 Å². The molecule has 2 aromatic rings. The molecule has 0 spiro atoms. The van der Waals surface area contributed by atoms with Crippen molar-refractivity contribution in [3.8, 4) is 0 Å². The maximum absolute atomic E-state index is 4.20. The van der Waals surface area contributed by atoms with E-state index in [1.54, 1.807) is 6.33 Å². The Labute approximate surface area is 110 Å². The van der Waals surface area contributed by atoms with Crippen molar-refractivity contribution in [3.63, 3.8) is 0 Å². The molecule has 2 nitrogen and oxygen atoms in total. The standard InChI is InChI=1S/C9H7N2.Rb/c1-7-8-4-2-3-5-9(8)11-6-10-7;/h3-6H,1H3;.